The molecule has 0 radical (unpaired) electrons. The molecule has 9 heavy (non-hydrogen) atoms. The van der Waals surface area contributed by atoms with Gasteiger partial charge >= 0.3 is 0 Å². The second kappa shape index (κ2) is 3.38. The summed E-state index contributed by atoms with van der Waals surface area (Å²) in [7, 11) is 0. The second-order valence-electron chi connectivity index (χ2n) is 2.60. The first-order valence-corrected chi connectivity index (χ1v) is 3.14. The lowest BCUT2D eigenvalue weighted by atomic mass is 10.2. The predicted molar refractivity (Wildman–Crippen MR) is 41.3 cm³/mol. The number of hydrogen-bond acceptors (Lipinski definition) is 1. The molecule has 0 aromatic carbocycles. The molecule has 0 saturated carbocycles. The lowest BCUT2D eigenvalue weighted by Gasteiger charge is -1.99. The molecule has 0 heterocycles. The molecule has 0 rings (SSSR count). The standard InChI is InChI=1S/C7H14N2/c1-5(2)7(8)9-6(3)4/h5,8H,1-4H3. The fraction of sp³-hybridized carbons (Fsp3) is 0.714. The molecule has 0 atom stereocenters. The van der Waals surface area contributed by atoms with E-state index in [2.05, 4.69) is 4.99 Å². The van der Waals surface area contributed by atoms with Crippen molar-refractivity contribution in [1.82, 2.24) is 0 Å². The Morgan fingerprint density at radius 3 is 1.89 bits per heavy atom. The number of rotatable bonds is 1. The van der Waals surface area contributed by atoms with Crippen LogP contribution in [-0.4, -0.2) is 11.5 Å². The summed E-state index contributed by atoms with van der Waals surface area (Å²) in [6.07, 6.45) is 0. The number of nitrogens with zero attached hydrogens (tertiary/aromatic N) is 1. The molecule has 0 unspecified atom stereocenters. The summed E-state index contributed by atoms with van der Waals surface area (Å²) in [5.74, 6) is 0.717. The van der Waals surface area contributed by atoms with Gasteiger partial charge in [0.05, 0.1) is 0 Å². The smallest absolute Gasteiger partial charge is 0.122 e. The normalized spacial score (nSPS) is 9.44. The van der Waals surface area contributed by atoms with Crippen LogP contribution in [0, 0.1) is 11.3 Å². The highest BCUT2D eigenvalue weighted by Crippen LogP contribution is 1.95. The van der Waals surface area contributed by atoms with Crippen molar-refractivity contribution in [3.8, 4) is 0 Å². The Labute approximate surface area is 56.5 Å². The summed E-state index contributed by atoms with van der Waals surface area (Å²) in [5, 5.41) is 7.29. The Kier molecular flexibility index (Phi) is 3.13. The van der Waals surface area contributed by atoms with E-state index < -0.39 is 0 Å². The average molecular weight is 126 g/mol. The monoisotopic (exact) mass is 126 g/mol. The maximum absolute atomic E-state index is 7.29. The Balaban J connectivity index is 3.93. The molecule has 2 heteroatoms. The van der Waals surface area contributed by atoms with E-state index in [0.717, 1.165) is 5.71 Å². The minimum absolute atomic E-state index is 0.250. The van der Waals surface area contributed by atoms with Crippen LogP contribution in [0.25, 0.3) is 0 Å². The van der Waals surface area contributed by atoms with Crippen molar-refractivity contribution < 1.29 is 0 Å². The van der Waals surface area contributed by atoms with Crippen LogP contribution >= 0.6 is 0 Å². The van der Waals surface area contributed by atoms with E-state index in [1.807, 2.05) is 27.7 Å². The number of hydrogen-bond donors (Lipinski definition) is 1. The van der Waals surface area contributed by atoms with Gasteiger partial charge < -0.3 is 0 Å². The molecule has 0 aliphatic rings. The van der Waals surface area contributed by atoms with Crippen LogP contribution in [0.3, 0.4) is 0 Å². The van der Waals surface area contributed by atoms with Crippen molar-refractivity contribution in [3.63, 3.8) is 0 Å². The Morgan fingerprint density at radius 2 is 1.78 bits per heavy atom. The molecule has 0 aliphatic carbocycles. The fourth-order valence-electron chi connectivity index (χ4n) is 0.370. The Bertz CT molecular complexity index is 130. The van der Waals surface area contributed by atoms with E-state index >= 15 is 0 Å². The van der Waals surface area contributed by atoms with Gasteiger partial charge in [-0.05, 0) is 13.8 Å². The first kappa shape index (κ1) is 8.34. The third kappa shape index (κ3) is 3.88. The molecule has 0 aliphatic heterocycles. The van der Waals surface area contributed by atoms with Gasteiger partial charge in [0.2, 0.25) is 0 Å². The van der Waals surface area contributed by atoms with Gasteiger partial charge in [-0.25, -0.2) is 4.99 Å². The van der Waals surface area contributed by atoms with E-state index in [1.54, 1.807) is 0 Å². The van der Waals surface area contributed by atoms with Gasteiger partial charge in [0, 0.05) is 11.6 Å². The van der Waals surface area contributed by atoms with Gasteiger partial charge in [0.1, 0.15) is 5.84 Å². The first-order chi connectivity index (χ1) is 4.04. The topological polar surface area (TPSA) is 36.2 Å². The van der Waals surface area contributed by atoms with E-state index in [-0.39, 0.29) is 5.92 Å². The van der Waals surface area contributed by atoms with Crippen molar-refractivity contribution in [2.45, 2.75) is 27.7 Å². The number of aliphatic imine (C=N–C) groups is 1. The lowest BCUT2D eigenvalue weighted by Crippen LogP contribution is -2.03. The predicted octanol–water partition coefficient (Wildman–Crippen LogP) is 2.10. The Morgan fingerprint density at radius 1 is 1.33 bits per heavy atom. The van der Waals surface area contributed by atoms with Crippen molar-refractivity contribution in [2.24, 2.45) is 10.9 Å². The van der Waals surface area contributed by atoms with Gasteiger partial charge in [-0.2, -0.15) is 0 Å². The van der Waals surface area contributed by atoms with E-state index in [9.17, 15) is 0 Å². The average Bonchev–Trinajstić information content (AvgIpc) is 1.63. The first-order valence-electron chi connectivity index (χ1n) is 3.14. The molecule has 52 valence electrons. The molecule has 0 aromatic heterocycles. The third-order valence-corrected chi connectivity index (χ3v) is 0.891. The maximum atomic E-state index is 7.29. The molecule has 0 amide bonds. The zero-order valence-electron chi connectivity index (χ0n) is 6.52. The van der Waals surface area contributed by atoms with Crippen molar-refractivity contribution in [2.75, 3.05) is 0 Å². The molecular weight excluding hydrogens is 112 g/mol. The molecule has 2 nitrogen and oxygen atoms in total. The highest BCUT2D eigenvalue weighted by Gasteiger charge is 1.97. The maximum Gasteiger partial charge on any atom is 0.122 e. The van der Waals surface area contributed by atoms with E-state index in [4.69, 9.17) is 5.41 Å². The van der Waals surface area contributed by atoms with Crippen molar-refractivity contribution in [1.29, 1.82) is 5.41 Å². The molecule has 1 N–H and O–H groups in total. The van der Waals surface area contributed by atoms with Crippen LogP contribution in [0.1, 0.15) is 27.7 Å². The van der Waals surface area contributed by atoms with E-state index in [1.165, 1.54) is 0 Å². The van der Waals surface area contributed by atoms with Gasteiger partial charge in [-0.3, -0.25) is 5.41 Å². The Hall–Kier alpha value is -0.660. The highest BCUT2D eigenvalue weighted by molar-refractivity contribution is 5.95. The molecule has 0 saturated heterocycles. The summed E-state index contributed by atoms with van der Waals surface area (Å²) in [5.41, 5.74) is 0.953. The van der Waals surface area contributed by atoms with Crippen LogP contribution in [0.5, 0.6) is 0 Å². The minimum atomic E-state index is 0.250. The summed E-state index contributed by atoms with van der Waals surface area (Å²) in [4.78, 5) is 3.98. The third-order valence-electron chi connectivity index (χ3n) is 0.891. The number of nitrogens with one attached hydrogen (secondary N) is 1. The fourth-order valence-corrected chi connectivity index (χ4v) is 0.370. The second-order valence-corrected chi connectivity index (χ2v) is 2.60. The summed E-state index contributed by atoms with van der Waals surface area (Å²) in [6, 6.07) is 0. The zero-order valence-corrected chi connectivity index (χ0v) is 6.52. The summed E-state index contributed by atoms with van der Waals surface area (Å²) >= 11 is 0. The largest absolute Gasteiger partial charge is 0.286 e. The summed E-state index contributed by atoms with van der Waals surface area (Å²) < 4.78 is 0. The van der Waals surface area contributed by atoms with Crippen LogP contribution in [0.4, 0.5) is 0 Å². The SMILES string of the molecule is CC(C)=NC(=N)C(C)C. The molecule has 0 fully saturated rings. The van der Waals surface area contributed by atoms with Gasteiger partial charge in [0.15, 0.2) is 0 Å². The van der Waals surface area contributed by atoms with Gasteiger partial charge in [-0.15, -0.1) is 0 Å². The zero-order chi connectivity index (χ0) is 7.44. The molecule has 0 spiro atoms. The quantitative estimate of drug-likeness (QED) is 0.412. The summed E-state index contributed by atoms with van der Waals surface area (Å²) in [6.45, 7) is 7.73. The van der Waals surface area contributed by atoms with Gasteiger partial charge in [-0.1, -0.05) is 13.8 Å². The lowest BCUT2D eigenvalue weighted by molar-refractivity contribution is 0.865. The highest BCUT2D eigenvalue weighted by atomic mass is 14.8. The molecule has 0 aromatic rings. The van der Waals surface area contributed by atoms with Crippen LogP contribution in [0.2, 0.25) is 0 Å². The van der Waals surface area contributed by atoms with Gasteiger partial charge in [0.25, 0.3) is 0 Å². The molecular formula is C7H14N2. The van der Waals surface area contributed by atoms with Crippen LogP contribution in [-0.2, 0) is 0 Å². The van der Waals surface area contributed by atoms with Crippen molar-refractivity contribution >= 4 is 11.5 Å². The van der Waals surface area contributed by atoms with Crippen LogP contribution < -0.4 is 0 Å². The van der Waals surface area contributed by atoms with Crippen molar-refractivity contribution in [3.05, 3.63) is 0 Å². The molecule has 0 bridgehead atoms. The minimum Gasteiger partial charge on any atom is -0.286 e. The van der Waals surface area contributed by atoms with E-state index in [0.29, 0.717) is 5.84 Å². The number of amidine groups is 1. The van der Waals surface area contributed by atoms with Crippen LogP contribution in [0.15, 0.2) is 4.99 Å².